The molecule has 1 aliphatic rings. The molecule has 0 aliphatic heterocycles. The fourth-order valence-electron chi connectivity index (χ4n) is 10.1. The van der Waals surface area contributed by atoms with Crippen molar-refractivity contribution < 1.29 is 67.7 Å². The van der Waals surface area contributed by atoms with Crippen molar-refractivity contribution in [3.63, 3.8) is 0 Å². The third-order valence-corrected chi connectivity index (χ3v) is 16.4. The van der Waals surface area contributed by atoms with Crippen LogP contribution in [0, 0.1) is 0 Å². The highest BCUT2D eigenvalue weighted by Gasteiger charge is 2.43. The number of guanidine groups is 4. The van der Waals surface area contributed by atoms with E-state index in [0.29, 0.717) is 43.4 Å². The van der Waals surface area contributed by atoms with Gasteiger partial charge in [0.15, 0.2) is 23.8 Å². The van der Waals surface area contributed by atoms with Crippen LogP contribution >= 0.6 is 25.3 Å². The molecule has 41 heteroatoms. The van der Waals surface area contributed by atoms with Gasteiger partial charge in [0.05, 0.1) is 31.9 Å². The molecule has 0 bridgehead atoms. The number of rotatable bonds is 46. The Morgan fingerprint density at radius 3 is 1.42 bits per heavy atom. The van der Waals surface area contributed by atoms with E-state index in [0.717, 1.165) is 6.42 Å². The van der Waals surface area contributed by atoms with Crippen LogP contribution in [0.1, 0.15) is 108 Å². The molecule has 31 N–H and O–H groups in total. The maximum Gasteiger partial charge on any atom is 0.326 e. The summed E-state index contributed by atoms with van der Waals surface area (Å²) < 4.78 is -1.02. The molecule has 9 atom stereocenters. The molecule has 2 unspecified atom stereocenters. The van der Waals surface area contributed by atoms with Crippen molar-refractivity contribution in [1.29, 1.82) is 0 Å². The lowest BCUT2D eigenvalue weighted by atomic mass is 9.82. The Morgan fingerprint density at radius 2 is 0.940 bits per heavy atom. The van der Waals surface area contributed by atoms with Crippen molar-refractivity contribution in [3.05, 3.63) is 54.1 Å². The number of aliphatic carboxylic acids is 2. The van der Waals surface area contributed by atoms with Gasteiger partial charge in [0.1, 0.15) is 48.3 Å². The van der Waals surface area contributed by atoms with Crippen molar-refractivity contribution in [2.45, 2.75) is 168 Å². The van der Waals surface area contributed by atoms with E-state index >= 15 is 0 Å². The van der Waals surface area contributed by atoms with Crippen LogP contribution < -0.4 is 105 Å². The Morgan fingerprint density at radius 1 is 0.510 bits per heavy atom. The summed E-state index contributed by atoms with van der Waals surface area (Å²) in [5, 5.41) is 44.6. The minimum absolute atomic E-state index is 0.0387. The van der Waals surface area contributed by atoms with E-state index in [2.05, 4.69) is 95.7 Å². The van der Waals surface area contributed by atoms with E-state index in [9.17, 15) is 67.7 Å². The topological polar surface area (TPSA) is 678 Å². The Hall–Kier alpha value is -10.2. The maximum atomic E-state index is 14.4. The number of carboxylic acids is 2. The molecular weight excluding hydrogens is 1350 g/mol. The van der Waals surface area contributed by atoms with Gasteiger partial charge in [-0.05, 0) is 82.6 Å². The van der Waals surface area contributed by atoms with Gasteiger partial charge in [0.2, 0.25) is 59.1 Å². The number of H-pyrrole nitrogens is 1. The quantitative estimate of drug-likeness (QED) is 0.0127. The second kappa shape index (κ2) is 44.7. The maximum absolute atomic E-state index is 14.4. The molecule has 0 saturated heterocycles. The zero-order valence-corrected chi connectivity index (χ0v) is 57.1. The number of imidazole rings is 1. The lowest BCUT2D eigenvalue weighted by Gasteiger charge is -2.39. The first kappa shape index (κ1) is 84.0. The molecule has 100 heavy (non-hydrogen) atoms. The summed E-state index contributed by atoms with van der Waals surface area (Å²) in [6, 6.07) is -4.56. The predicted molar refractivity (Wildman–Crippen MR) is 375 cm³/mol. The minimum Gasteiger partial charge on any atom is -0.481 e. The van der Waals surface area contributed by atoms with Gasteiger partial charge in [0.25, 0.3) is 0 Å². The smallest absolute Gasteiger partial charge is 0.326 e. The molecule has 1 heterocycles. The largest absolute Gasteiger partial charge is 0.481 e. The van der Waals surface area contributed by atoms with Crippen molar-refractivity contribution in [3.8, 4) is 0 Å². The molecule has 0 radical (unpaired) electrons. The van der Waals surface area contributed by atoms with Gasteiger partial charge in [-0.1, -0.05) is 49.6 Å². The van der Waals surface area contributed by atoms with Gasteiger partial charge in [-0.25, -0.2) is 9.78 Å². The Kier molecular flexibility index (Phi) is 37.5. The molecule has 1 aromatic carbocycles. The first-order valence-electron chi connectivity index (χ1n) is 32.1. The Bertz CT molecular complexity index is 3160. The second-order valence-corrected chi connectivity index (χ2v) is 24.7. The van der Waals surface area contributed by atoms with Crippen molar-refractivity contribution in [2.75, 3.05) is 45.0 Å². The molecule has 3 rings (SSSR count). The van der Waals surface area contributed by atoms with Crippen LogP contribution in [0.2, 0.25) is 0 Å². The number of nitrogens with two attached hydrogens (primary N) is 9. The SMILES string of the molecule is NC(N)=NCCC[C@H](NC(=O)[C@H](CS)NC(=O)[C@H](CCCN=C(N)N)NC(=O)C(CCc1ccccc1)NC(=O)[C@H](CC(=O)O)NC(=O)CNC(=O)[C@H](CCCN=C(N)N)NC(=O)[C@H](Cc1cnc[nH]1)NC(=O)CNC(=O)C(NC(=O)[C@@H](N)CCCN=C(N)N)C1(S)CCCCC1)C(=O)O. The van der Waals surface area contributed by atoms with Gasteiger partial charge < -0.3 is 120 Å². The average molecular weight is 1440 g/mol. The number of amides is 10. The van der Waals surface area contributed by atoms with Crippen LogP contribution in [0.4, 0.5) is 0 Å². The summed E-state index contributed by atoms with van der Waals surface area (Å²) in [4.78, 5) is 186. The number of aryl methyl sites for hydroxylation is 1. The number of carbonyl (C=O) groups is 12. The number of thiol groups is 2. The molecule has 554 valence electrons. The van der Waals surface area contributed by atoms with E-state index in [1.54, 1.807) is 30.3 Å². The molecule has 0 spiro atoms. The van der Waals surface area contributed by atoms with Crippen LogP contribution in [-0.2, 0) is 70.4 Å². The van der Waals surface area contributed by atoms with Crippen LogP contribution in [0.5, 0.6) is 0 Å². The Balaban J connectivity index is 1.85. The van der Waals surface area contributed by atoms with Crippen LogP contribution in [0.25, 0.3) is 0 Å². The fraction of sp³-hybridized carbons (Fsp3) is 0.576. The molecular formula is C59H97N25O14S2. The number of carbonyl (C=O) groups excluding carboxylic acids is 10. The van der Waals surface area contributed by atoms with Crippen LogP contribution in [0.15, 0.2) is 62.8 Å². The lowest BCUT2D eigenvalue weighted by molar-refractivity contribution is -0.142. The molecule has 1 saturated carbocycles. The van der Waals surface area contributed by atoms with E-state index in [4.69, 9.17) is 64.2 Å². The van der Waals surface area contributed by atoms with Crippen LogP contribution in [-0.4, -0.2) is 219 Å². The molecule has 1 aliphatic carbocycles. The normalized spacial score (nSPS) is 14.9. The number of hydrogen-bond acceptors (Lipinski definition) is 20. The predicted octanol–water partition coefficient (Wildman–Crippen LogP) is -7.64. The summed E-state index contributed by atoms with van der Waals surface area (Å²) in [6.45, 7) is -1.46. The van der Waals surface area contributed by atoms with E-state index in [1.165, 1.54) is 12.5 Å². The van der Waals surface area contributed by atoms with Crippen molar-refractivity contribution >= 4 is 120 Å². The standard InChI is InChI=1S/C59H97N25O14S2/c60-34(13-7-21-70-55(61)62)46(89)84-45(59(100)19-5-2-6-20-59)53(96)75-29-43(86)77-39(25-33-27-69-31-76-33)50(93)79-35(14-8-22-71-56(63)64)47(90)74-28-42(85)78-40(26-44(87)88)51(94)81-37(18-17-32-11-3-1-4-12-32)49(92)80-36(15-9-23-72-57(65)66)48(91)83-41(30-99)52(95)82-38(54(97)98)16-10-24-73-58(67)68/h1,3-4,11-12,27,31,34-41,45,99-100H,2,5-10,13-26,28-30,60H2,(H,69,76)(H,74,90)(H,75,96)(H,77,86)(H,78,85)(H,79,93)(H,80,92)(H,81,94)(H,82,95)(H,83,91)(H,84,89)(H,87,88)(H,97,98)(H4,61,62,70)(H4,63,64,71)(H4,65,66,72)(H4,67,68,73)/t34-,35-,36-,37?,38-,39-,40-,41-,45?/m0/s1. The van der Waals surface area contributed by atoms with Gasteiger partial charge in [-0.3, -0.25) is 72.7 Å². The third kappa shape index (κ3) is 32.9. The van der Waals surface area contributed by atoms with Crippen molar-refractivity contribution in [1.82, 2.24) is 63.1 Å². The molecule has 1 fully saturated rings. The number of carboxylic acid groups (broad SMARTS) is 2. The average Bonchev–Trinajstić information content (AvgIpc) is 0.919. The van der Waals surface area contributed by atoms with Crippen LogP contribution in [0.3, 0.4) is 0 Å². The zero-order valence-electron chi connectivity index (χ0n) is 55.3. The number of aromatic nitrogens is 2. The number of aliphatic imine (C=N–C) groups is 4. The van der Waals surface area contributed by atoms with Gasteiger partial charge in [-0.2, -0.15) is 25.3 Å². The highest BCUT2D eigenvalue weighted by atomic mass is 32.1. The zero-order chi connectivity index (χ0) is 74.3. The number of nitrogens with one attached hydrogen (secondary N) is 11. The van der Waals surface area contributed by atoms with Gasteiger partial charge in [0, 0.05) is 55.0 Å². The summed E-state index contributed by atoms with van der Waals surface area (Å²) in [5.74, 6) is -13.7. The van der Waals surface area contributed by atoms with Gasteiger partial charge >= 0.3 is 11.9 Å². The number of aromatic amines is 1. The molecule has 39 nitrogen and oxygen atoms in total. The highest BCUT2D eigenvalue weighted by Crippen LogP contribution is 2.37. The van der Waals surface area contributed by atoms with E-state index in [-0.39, 0.29) is 120 Å². The first-order valence-corrected chi connectivity index (χ1v) is 33.2. The second-order valence-electron chi connectivity index (χ2n) is 23.4. The van der Waals surface area contributed by atoms with E-state index in [1.807, 2.05) is 0 Å². The number of nitrogens with zero attached hydrogens (tertiary/aromatic N) is 5. The summed E-state index contributed by atoms with van der Waals surface area (Å²) in [6.07, 6.45) is 4.76. The minimum atomic E-state index is -1.93. The number of benzene rings is 1. The first-order chi connectivity index (χ1) is 47.4. The van der Waals surface area contributed by atoms with Gasteiger partial charge in [-0.15, -0.1) is 0 Å². The van der Waals surface area contributed by atoms with E-state index < -0.39 is 150 Å². The summed E-state index contributed by atoms with van der Waals surface area (Å²) >= 11 is 9.05. The summed E-state index contributed by atoms with van der Waals surface area (Å²) in [5.41, 5.74) is 50.7. The fourth-order valence-corrected chi connectivity index (χ4v) is 10.9. The monoisotopic (exact) mass is 1440 g/mol. The molecule has 1 aromatic heterocycles. The third-order valence-electron chi connectivity index (χ3n) is 15.3. The highest BCUT2D eigenvalue weighted by molar-refractivity contribution is 7.82. The molecule has 10 amide bonds. The number of hydrogen-bond donors (Lipinski definition) is 24. The molecule has 2 aromatic rings. The Labute approximate surface area is 587 Å². The summed E-state index contributed by atoms with van der Waals surface area (Å²) in [7, 11) is 0. The van der Waals surface area contributed by atoms with Crippen molar-refractivity contribution in [2.24, 2.45) is 71.6 Å². The lowest BCUT2D eigenvalue weighted by Crippen LogP contribution is -2.61.